The van der Waals surface area contributed by atoms with Gasteiger partial charge < -0.3 is 14.8 Å². The molecule has 0 aliphatic carbocycles. The topological polar surface area (TPSA) is 60.5 Å². The van der Waals surface area contributed by atoms with Crippen LogP contribution in [0.4, 0.5) is 10.1 Å². The summed E-state index contributed by atoms with van der Waals surface area (Å²) in [4.78, 5) is 16.3. The van der Waals surface area contributed by atoms with Gasteiger partial charge in [0.1, 0.15) is 12.4 Å². The number of halogens is 1. The van der Waals surface area contributed by atoms with Gasteiger partial charge in [0.25, 0.3) is 5.91 Å². The first-order valence-electron chi connectivity index (χ1n) is 8.10. The number of amides is 1. The monoisotopic (exact) mass is 350 g/mol. The highest BCUT2D eigenvalue weighted by Crippen LogP contribution is 2.31. The minimum Gasteiger partial charge on any atom is -0.485 e. The number of nitrogens with zero attached hydrogens (tertiary/aromatic N) is 1. The fourth-order valence-corrected chi connectivity index (χ4v) is 2.73. The van der Waals surface area contributed by atoms with Crippen molar-refractivity contribution in [2.45, 2.75) is 6.10 Å². The zero-order valence-electron chi connectivity index (χ0n) is 13.7. The molecule has 1 aliphatic rings. The molecule has 2 heterocycles. The first-order valence-corrected chi connectivity index (χ1v) is 8.10. The first kappa shape index (κ1) is 16.1. The molecule has 0 spiro atoms. The van der Waals surface area contributed by atoms with E-state index in [4.69, 9.17) is 9.47 Å². The Hall–Kier alpha value is -3.41. The van der Waals surface area contributed by atoms with Crippen molar-refractivity contribution in [1.29, 1.82) is 0 Å². The van der Waals surface area contributed by atoms with E-state index in [0.717, 1.165) is 5.56 Å². The van der Waals surface area contributed by atoms with Crippen molar-refractivity contribution in [1.82, 2.24) is 4.98 Å². The number of para-hydroxylation sites is 2. The van der Waals surface area contributed by atoms with Crippen LogP contribution in [0.25, 0.3) is 11.1 Å². The van der Waals surface area contributed by atoms with Gasteiger partial charge in [0.05, 0.1) is 0 Å². The molecule has 1 N–H and O–H groups in total. The summed E-state index contributed by atoms with van der Waals surface area (Å²) < 4.78 is 25.6. The predicted molar refractivity (Wildman–Crippen MR) is 94.6 cm³/mol. The van der Waals surface area contributed by atoms with Crippen LogP contribution in [0.15, 0.2) is 67.0 Å². The number of hydrogen-bond acceptors (Lipinski definition) is 4. The van der Waals surface area contributed by atoms with E-state index < -0.39 is 17.8 Å². The van der Waals surface area contributed by atoms with Crippen molar-refractivity contribution in [2.24, 2.45) is 0 Å². The van der Waals surface area contributed by atoms with Crippen LogP contribution in [-0.2, 0) is 4.79 Å². The second kappa shape index (κ2) is 6.84. The fraction of sp³-hybridized carbons (Fsp3) is 0.100. The number of pyridine rings is 1. The molecular formula is C20H15FN2O3. The van der Waals surface area contributed by atoms with Gasteiger partial charge in [-0.1, -0.05) is 12.1 Å². The number of benzene rings is 2. The summed E-state index contributed by atoms with van der Waals surface area (Å²) in [6.45, 7) is 0.0976. The van der Waals surface area contributed by atoms with E-state index in [1.165, 1.54) is 6.07 Å². The summed E-state index contributed by atoms with van der Waals surface area (Å²) in [5, 5.41) is 2.67. The summed E-state index contributed by atoms with van der Waals surface area (Å²) in [5.74, 6) is 0.290. The minimum absolute atomic E-state index is 0.0976. The van der Waals surface area contributed by atoms with Crippen LogP contribution in [0.5, 0.6) is 11.5 Å². The van der Waals surface area contributed by atoms with Crippen LogP contribution in [0.3, 0.4) is 0 Å². The zero-order chi connectivity index (χ0) is 17.9. The number of anilines is 1. The van der Waals surface area contributed by atoms with E-state index in [-0.39, 0.29) is 6.61 Å². The summed E-state index contributed by atoms with van der Waals surface area (Å²) in [5.41, 5.74) is 1.51. The van der Waals surface area contributed by atoms with Gasteiger partial charge in [-0.05, 0) is 48.0 Å². The third-order valence-electron chi connectivity index (χ3n) is 4.03. The van der Waals surface area contributed by atoms with E-state index in [2.05, 4.69) is 10.3 Å². The van der Waals surface area contributed by atoms with Crippen LogP contribution in [0.2, 0.25) is 0 Å². The summed E-state index contributed by atoms with van der Waals surface area (Å²) >= 11 is 0. The van der Waals surface area contributed by atoms with Gasteiger partial charge in [-0.2, -0.15) is 0 Å². The minimum atomic E-state index is -0.798. The maximum absolute atomic E-state index is 14.4. The van der Waals surface area contributed by atoms with Gasteiger partial charge in [0.15, 0.2) is 11.5 Å². The van der Waals surface area contributed by atoms with Crippen molar-refractivity contribution in [3.8, 4) is 22.6 Å². The number of hydrogen-bond donors (Lipinski definition) is 1. The quantitative estimate of drug-likeness (QED) is 0.783. The van der Waals surface area contributed by atoms with Crippen LogP contribution in [0.1, 0.15) is 0 Å². The summed E-state index contributed by atoms with van der Waals surface area (Å²) in [7, 11) is 0. The number of carbonyl (C=O) groups is 1. The molecule has 1 amide bonds. The number of carbonyl (C=O) groups excluding carboxylic acids is 1. The Balaban J connectivity index is 1.48. The van der Waals surface area contributed by atoms with E-state index in [0.29, 0.717) is 22.7 Å². The Labute approximate surface area is 149 Å². The summed E-state index contributed by atoms with van der Waals surface area (Å²) in [6, 6.07) is 15.1. The number of ether oxygens (including phenoxy) is 2. The van der Waals surface area contributed by atoms with Crippen molar-refractivity contribution >= 4 is 11.6 Å². The zero-order valence-corrected chi connectivity index (χ0v) is 13.7. The molecule has 2 aromatic carbocycles. The molecular weight excluding hydrogens is 335 g/mol. The molecule has 0 bridgehead atoms. The maximum atomic E-state index is 14.4. The largest absolute Gasteiger partial charge is 0.485 e. The van der Waals surface area contributed by atoms with E-state index >= 15 is 0 Å². The third-order valence-corrected chi connectivity index (χ3v) is 4.03. The second-order valence-electron chi connectivity index (χ2n) is 5.78. The second-order valence-corrected chi connectivity index (χ2v) is 5.78. The molecule has 130 valence electrons. The molecule has 0 saturated heterocycles. The standard InChI is InChI=1S/C20H15FN2O3/c21-16-11-14(5-6-15(16)13-7-9-22-10-8-13)23-20(24)19-12-25-17-3-1-2-4-18(17)26-19/h1-11,19H,12H2,(H,23,24). The van der Waals surface area contributed by atoms with Gasteiger partial charge >= 0.3 is 0 Å². The number of rotatable bonds is 3. The Morgan fingerprint density at radius 2 is 1.85 bits per heavy atom. The Morgan fingerprint density at radius 1 is 1.08 bits per heavy atom. The molecule has 6 heteroatoms. The van der Waals surface area contributed by atoms with Gasteiger partial charge in [0, 0.05) is 23.6 Å². The van der Waals surface area contributed by atoms with E-state index in [1.54, 1.807) is 54.9 Å². The average Bonchev–Trinajstić information content (AvgIpc) is 2.68. The molecule has 0 radical (unpaired) electrons. The highest BCUT2D eigenvalue weighted by molar-refractivity contribution is 5.95. The Kier molecular flexibility index (Phi) is 4.23. The highest BCUT2D eigenvalue weighted by atomic mass is 19.1. The molecule has 3 aromatic rings. The lowest BCUT2D eigenvalue weighted by Gasteiger charge is -2.25. The molecule has 0 saturated carbocycles. The van der Waals surface area contributed by atoms with Gasteiger partial charge in [-0.15, -0.1) is 0 Å². The van der Waals surface area contributed by atoms with Crippen LogP contribution < -0.4 is 14.8 Å². The molecule has 1 unspecified atom stereocenters. The molecule has 26 heavy (non-hydrogen) atoms. The average molecular weight is 350 g/mol. The first-order chi connectivity index (χ1) is 12.7. The predicted octanol–water partition coefficient (Wildman–Crippen LogP) is 3.67. The van der Waals surface area contributed by atoms with Crippen molar-refractivity contribution in [3.05, 3.63) is 72.8 Å². The van der Waals surface area contributed by atoms with Gasteiger partial charge in [-0.3, -0.25) is 9.78 Å². The third kappa shape index (κ3) is 3.21. The molecule has 4 rings (SSSR count). The van der Waals surface area contributed by atoms with Gasteiger partial charge in [0.2, 0.25) is 6.10 Å². The van der Waals surface area contributed by atoms with E-state index in [9.17, 15) is 9.18 Å². The molecule has 0 fully saturated rings. The lowest BCUT2D eigenvalue weighted by Crippen LogP contribution is -2.40. The van der Waals surface area contributed by atoms with Crippen LogP contribution in [0, 0.1) is 5.82 Å². The van der Waals surface area contributed by atoms with Crippen molar-refractivity contribution in [2.75, 3.05) is 11.9 Å². The lowest BCUT2D eigenvalue weighted by molar-refractivity contribution is -0.125. The number of fused-ring (bicyclic) bond motifs is 1. The molecule has 1 atom stereocenters. The fourth-order valence-electron chi connectivity index (χ4n) is 2.73. The normalized spacial score (nSPS) is 15.3. The molecule has 5 nitrogen and oxygen atoms in total. The molecule has 1 aromatic heterocycles. The number of aromatic nitrogens is 1. The Morgan fingerprint density at radius 3 is 2.62 bits per heavy atom. The van der Waals surface area contributed by atoms with Crippen LogP contribution in [-0.4, -0.2) is 23.6 Å². The van der Waals surface area contributed by atoms with Crippen molar-refractivity contribution < 1.29 is 18.7 Å². The lowest BCUT2D eigenvalue weighted by atomic mass is 10.1. The van der Waals surface area contributed by atoms with E-state index in [1.807, 2.05) is 6.07 Å². The van der Waals surface area contributed by atoms with Gasteiger partial charge in [-0.25, -0.2) is 4.39 Å². The molecule has 1 aliphatic heterocycles. The SMILES string of the molecule is O=C(Nc1ccc(-c2ccncc2)c(F)c1)C1COc2ccccc2O1. The van der Waals surface area contributed by atoms with Crippen LogP contribution >= 0.6 is 0 Å². The number of nitrogens with one attached hydrogen (secondary N) is 1. The maximum Gasteiger partial charge on any atom is 0.269 e. The smallest absolute Gasteiger partial charge is 0.269 e. The highest BCUT2D eigenvalue weighted by Gasteiger charge is 2.27. The summed E-state index contributed by atoms with van der Waals surface area (Å²) in [6.07, 6.45) is 2.40. The Bertz CT molecular complexity index is 947. The van der Waals surface area contributed by atoms with Crippen molar-refractivity contribution in [3.63, 3.8) is 0 Å².